The van der Waals surface area contributed by atoms with Crippen molar-refractivity contribution in [1.29, 1.82) is 0 Å². The SMILES string of the molecule is Cc1ccccc1[C@@H]1CCN(S(=O)(=O)c2ccccc2C(F)(F)F)C[C@H]1C(=O)N1CCN(c2cc(Cl)ccc2C)CC1. The lowest BCUT2D eigenvalue weighted by atomic mass is 9.78. The van der Waals surface area contributed by atoms with Crippen molar-refractivity contribution in [1.82, 2.24) is 9.21 Å². The number of piperazine rings is 1. The summed E-state index contributed by atoms with van der Waals surface area (Å²) in [4.78, 5) is 17.3. The molecule has 0 bridgehead atoms. The maximum Gasteiger partial charge on any atom is 0.417 e. The summed E-state index contributed by atoms with van der Waals surface area (Å²) in [7, 11) is -4.52. The third-order valence-corrected chi connectivity index (χ3v) is 10.6. The number of piperidine rings is 1. The van der Waals surface area contributed by atoms with Crippen molar-refractivity contribution in [2.24, 2.45) is 5.92 Å². The number of rotatable bonds is 5. The van der Waals surface area contributed by atoms with Gasteiger partial charge in [-0.2, -0.15) is 17.5 Å². The molecular weight excluding hydrogens is 587 g/mol. The molecule has 2 aliphatic rings. The van der Waals surface area contributed by atoms with Gasteiger partial charge in [-0.25, -0.2) is 8.42 Å². The van der Waals surface area contributed by atoms with Crippen LogP contribution in [0.1, 0.15) is 34.6 Å². The smallest absolute Gasteiger partial charge is 0.368 e. The summed E-state index contributed by atoms with van der Waals surface area (Å²) < 4.78 is 69.7. The lowest BCUT2D eigenvalue weighted by molar-refractivity contribution is -0.140. The maximum absolute atomic E-state index is 14.1. The lowest BCUT2D eigenvalue weighted by Crippen LogP contribution is -2.54. The lowest BCUT2D eigenvalue weighted by Gasteiger charge is -2.42. The van der Waals surface area contributed by atoms with Crippen molar-refractivity contribution in [2.75, 3.05) is 44.2 Å². The highest BCUT2D eigenvalue weighted by molar-refractivity contribution is 7.89. The van der Waals surface area contributed by atoms with Crippen molar-refractivity contribution in [2.45, 2.75) is 37.3 Å². The van der Waals surface area contributed by atoms with E-state index in [1.807, 2.05) is 56.3 Å². The van der Waals surface area contributed by atoms with E-state index >= 15 is 0 Å². The molecule has 11 heteroatoms. The van der Waals surface area contributed by atoms with Gasteiger partial charge in [0.2, 0.25) is 15.9 Å². The first-order valence-corrected chi connectivity index (χ1v) is 15.7. The van der Waals surface area contributed by atoms with E-state index in [1.165, 1.54) is 12.1 Å². The second-order valence-corrected chi connectivity index (χ2v) is 13.3. The average Bonchev–Trinajstić information content (AvgIpc) is 2.98. The summed E-state index contributed by atoms with van der Waals surface area (Å²) in [5, 5.41) is 0.630. The van der Waals surface area contributed by atoms with E-state index < -0.39 is 32.6 Å². The van der Waals surface area contributed by atoms with Gasteiger partial charge >= 0.3 is 6.18 Å². The summed E-state index contributed by atoms with van der Waals surface area (Å²) in [5.41, 5.74) is 2.81. The number of benzene rings is 3. The predicted octanol–water partition coefficient (Wildman–Crippen LogP) is 6.12. The van der Waals surface area contributed by atoms with Gasteiger partial charge in [0.05, 0.1) is 16.4 Å². The van der Waals surface area contributed by atoms with Gasteiger partial charge in [-0.1, -0.05) is 54.1 Å². The number of halogens is 4. The highest BCUT2D eigenvalue weighted by Crippen LogP contribution is 2.40. The molecule has 3 aromatic rings. The van der Waals surface area contributed by atoms with Gasteiger partial charge in [-0.15, -0.1) is 0 Å². The Morgan fingerprint density at radius 1 is 0.881 bits per heavy atom. The fourth-order valence-corrected chi connectivity index (χ4v) is 8.02. The van der Waals surface area contributed by atoms with E-state index in [0.717, 1.165) is 38.8 Å². The fraction of sp³-hybridized carbons (Fsp3) is 0.387. The van der Waals surface area contributed by atoms with Crippen LogP contribution >= 0.6 is 11.6 Å². The van der Waals surface area contributed by atoms with E-state index in [9.17, 15) is 26.4 Å². The van der Waals surface area contributed by atoms with Crippen LogP contribution in [-0.4, -0.2) is 62.8 Å². The fourth-order valence-electron chi connectivity index (χ4n) is 6.16. The van der Waals surface area contributed by atoms with Crippen LogP contribution in [-0.2, 0) is 21.0 Å². The minimum atomic E-state index is -4.83. The zero-order valence-corrected chi connectivity index (χ0v) is 25.0. The number of anilines is 1. The number of sulfonamides is 1. The molecule has 224 valence electrons. The van der Waals surface area contributed by atoms with Gasteiger partial charge < -0.3 is 9.80 Å². The Hall–Kier alpha value is -3.08. The second kappa shape index (κ2) is 11.9. The van der Waals surface area contributed by atoms with Crippen molar-refractivity contribution in [3.63, 3.8) is 0 Å². The summed E-state index contributed by atoms with van der Waals surface area (Å²) in [6, 6.07) is 17.6. The molecule has 3 aromatic carbocycles. The average molecular weight is 620 g/mol. The number of hydrogen-bond donors (Lipinski definition) is 0. The Morgan fingerprint density at radius 2 is 1.55 bits per heavy atom. The van der Waals surface area contributed by atoms with E-state index in [0.29, 0.717) is 37.6 Å². The molecule has 2 atom stereocenters. The van der Waals surface area contributed by atoms with Crippen LogP contribution in [0.15, 0.2) is 71.6 Å². The zero-order chi connectivity index (χ0) is 30.2. The Bertz CT molecular complexity index is 1570. The molecule has 0 aliphatic carbocycles. The second-order valence-electron chi connectivity index (χ2n) is 11.0. The van der Waals surface area contributed by atoms with E-state index in [2.05, 4.69) is 4.90 Å². The predicted molar refractivity (Wildman–Crippen MR) is 157 cm³/mol. The summed E-state index contributed by atoms with van der Waals surface area (Å²) in [6.07, 6.45) is -4.52. The van der Waals surface area contributed by atoms with Crippen molar-refractivity contribution in [3.8, 4) is 0 Å². The topological polar surface area (TPSA) is 60.9 Å². The van der Waals surface area contributed by atoms with Gasteiger partial charge in [0.25, 0.3) is 0 Å². The van der Waals surface area contributed by atoms with Crippen molar-refractivity contribution >= 4 is 33.2 Å². The molecule has 0 radical (unpaired) electrons. The first-order chi connectivity index (χ1) is 19.9. The molecule has 2 saturated heterocycles. The van der Waals surface area contributed by atoms with Crippen LogP contribution in [0, 0.1) is 19.8 Å². The van der Waals surface area contributed by atoms with E-state index in [4.69, 9.17) is 11.6 Å². The highest BCUT2D eigenvalue weighted by atomic mass is 35.5. The van der Waals surface area contributed by atoms with Crippen LogP contribution < -0.4 is 4.90 Å². The van der Waals surface area contributed by atoms with Crippen LogP contribution in [0.5, 0.6) is 0 Å². The number of hydrogen-bond acceptors (Lipinski definition) is 4. The molecule has 0 saturated carbocycles. The van der Waals surface area contributed by atoms with Crippen LogP contribution in [0.4, 0.5) is 18.9 Å². The van der Waals surface area contributed by atoms with Gasteiger partial charge in [0.15, 0.2) is 0 Å². The highest BCUT2D eigenvalue weighted by Gasteiger charge is 2.44. The molecule has 0 unspecified atom stereocenters. The standard InChI is InChI=1S/C31H33ClF3N3O3S/c1-21-7-3-4-8-24(21)25-13-14-38(42(40,41)29-10-6-5-9-27(29)31(33,34)35)20-26(25)30(39)37-17-15-36(16-18-37)28-19-23(32)12-11-22(28)2/h3-12,19,25-26H,13-18,20H2,1-2H3/t25-,26+/m0/s1. The summed E-state index contributed by atoms with van der Waals surface area (Å²) >= 11 is 6.23. The number of aryl methyl sites for hydroxylation is 2. The molecule has 0 spiro atoms. The third kappa shape index (κ3) is 6.02. The molecule has 2 aliphatic heterocycles. The third-order valence-electron chi connectivity index (χ3n) is 8.39. The molecule has 1 amide bonds. The van der Waals surface area contributed by atoms with Gasteiger partial charge in [0, 0.05) is 50.0 Å². The van der Waals surface area contributed by atoms with Gasteiger partial charge in [-0.05, 0) is 67.1 Å². The molecular formula is C31H33ClF3N3O3S. The molecule has 2 heterocycles. The first-order valence-electron chi connectivity index (χ1n) is 13.9. The van der Waals surface area contributed by atoms with Crippen molar-refractivity contribution < 1.29 is 26.4 Å². The number of nitrogens with zero attached hydrogens (tertiary/aromatic N) is 3. The number of amides is 1. The number of carbonyl (C=O) groups is 1. The maximum atomic E-state index is 14.1. The van der Waals surface area contributed by atoms with Gasteiger partial charge in [-0.3, -0.25) is 4.79 Å². The quantitative estimate of drug-likeness (QED) is 0.345. The largest absolute Gasteiger partial charge is 0.417 e. The zero-order valence-electron chi connectivity index (χ0n) is 23.4. The first kappa shape index (κ1) is 30.4. The molecule has 0 aromatic heterocycles. The molecule has 5 rings (SSSR count). The van der Waals surface area contributed by atoms with E-state index in [-0.39, 0.29) is 24.9 Å². The van der Waals surface area contributed by atoms with Crippen LogP contribution in [0.2, 0.25) is 5.02 Å². The van der Waals surface area contributed by atoms with Crippen molar-refractivity contribution in [3.05, 3.63) is 94.0 Å². The number of carbonyl (C=O) groups excluding carboxylic acids is 1. The Kier molecular flexibility index (Phi) is 8.60. The Labute approximate surface area is 249 Å². The summed E-state index contributed by atoms with van der Waals surface area (Å²) in [5.74, 6) is -1.20. The Morgan fingerprint density at radius 3 is 2.24 bits per heavy atom. The minimum Gasteiger partial charge on any atom is -0.368 e. The molecule has 2 fully saturated rings. The Balaban J connectivity index is 1.42. The normalized spacial score (nSPS) is 20.5. The monoisotopic (exact) mass is 619 g/mol. The van der Waals surface area contributed by atoms with Crippen LogP contribution in [0.25, 0.3) is 0 Å². The molecule has 42 heavy (non-hydrogen) atoms. The summed E-state index contributed by atoms with van der Waals surface area (Å²) in [6.45, 7) is 5.80. The minimum absolute atomic E-state index is 0.0130. The molecule has 6 nitrogen and oxygen atoms in total. The molecule has 0 N–H and O–H groups in total. The van der Waals surface area contributed by atoms with E-state index in [1.54, 1.807) is 4.90 Å². The number of alkyl halides is 3. The van der Waals surface area contributed by atoms with Gasteiger partial charge in [0.1, 0.15) is 0 Å². The van der Waals surface area contributed by atoms with Crippen LogP contribution in [0.3, 0.4) is 0 Å².